The zero-order valence-electron chi connectivity index (χ0n) is 13.9. The van der Waals surface area contributed by atoms with Crippen LogP contribution in [-0.2, 0) is 16.6 Å². The van der Waals surface area contributed by atoms with Crippen LogP contribution in [0.3, 0.4) is 0 Å². The average Bonchev–Trinajstić information content (AvgIpc) is 2.91. The lowest BCUT2D eigenvalue weighted by atomic mass is 9.49. The van der Waals surface area contributed by atoms with E-state index in [1.165, 1.54) is 0 Å². The van der Waals surface area contributed by atoms with E-state index in [0.29, 0.717) is 31.4 Å². The summed E-state index contributed by atoms with van der Waals surface area (Å²) in [4.78, 5) is 14.9. The maximum Gasteiger partial charge on any atom is 0.174 e. The fourth-order valence-corrected chi connectivity index (χ4v) is 5.80. The quantitative estimate of drug-likeness (QED) is 0.527. The second-order valence-electron chi connectivity index (χ2n) is 7.56. The predicted octanol–water partition coefficient (Wildman–Crippen LogP) is 1.92. The van der Waals surface area contributed by atoms with Gasteiger partial charge in [0.2, 0.25) is 0 Å². The first kappa shape index (κ1) is 17.3. The third-order valence-corrected chi connectivity index (χ3v) is 6.73. The van der Waals surface area contributed by atoms with Crippen molar-refractivity contribution in [3.8, 4) is 11.5 Å². The highest BCUT2D eigenvalue weighted by Crippen LogP contribution is 2.64. The summed E-state index contributed by atoms with van der Waals surface area (Å²) in [7, 11) is 0. The summed E-state index contributed by atoms with van der Waals surface area (Å²) < 4.78 is 5.98. The van der Waals surface area contributed by atoms with E-state index in [9.17, 15) is 15.0 Å². The number of hydrogen-bond donors (Lipinski definition) is 2. The Morgan fingerprint density at radius 2 is 2.20 bits per heavy atom. The number of piperidine rings is 1. The molecule has 1 saturated heterocycles. The van der Waals surface area contributed by atoms with Crippen molar-refractivity contribution in [1.29, 1.82) is 0 Å². The Kier molecular flexibility index (Phi) is 3.76. The minimum absolute atomic E-state index is 0. The average molecular weight is 455 g/mol. The van der Waals surface area contributed by atoms with Crippen LogP contribution in [0.1, 0.15) is 30.4 Å². The molecule has 1 aromatic rings. The first-order chi connectivity index (χ1) is 11.5. The molecule has 134 valence electrons. The lowest BCUT2D eigenvalue weighted by Crippen LogP contribution is -2.76. The van der Waals surface area contributed by atoms with E-state index in [-0.39, 0.29) is 41.6 Å². The molecule has 0 amide bonds. The summed E-state index contributed by atoms with van der Waals surface area (Å²) in [5.41, 5.74) is 0.256. The van der Waals surface area contributed by atoms with E-state index in [1.807, 2.05) is 12.1 Å². The number of rotatable bonds is 2. The summed E-state index contributed by atoms with van der Waals surface area (Å²) in [5.74, 6) is 0.528. The maximum absolute atomic E-state index is 12.6. The van der Waals surface area contributed by atoms with Crippen molar-refractivity contribution < 1.29 is 19.7 Å². The Balaban J connectivity index is 0.00000157. The van der Waals surface area contributed by atoms with E-state index in [0.717, 1.165) is 24.2 Å². The number of Topliss-reactive ketones (excluding diaryl/α,β-unsaturated/α-hetero) is 1. The van der Waals surface area contributed by atoms with Gasteiger partial charge in [-0.1, -0.05) is 12.1 Å². The van der Waals surface area contributed by atoms with Gasteiger partial charge in [-0.15, -0.1) is 30.6 Å². The Hall–Kier alpha value is -1.12. The number of carbonyl (C=O) groups is 1. The number of ketones is 1. The Bertz CT molecular complexity index is 781. The molecule has 2 fully saturated rings. The van der Waals surface area contributed by atoms with Crippen LogP contribution in [0.15, 0.2) is 24.8 Å². The molecule has 1 spiro atoms. The van der Waals surface area contributed by atoms with Gasteiger partial charge in [0.25, 0.3) is 0 Å². The largest absolute Gasteiger partial charge is 0.504 e. The Morgan fingerprint density at radius 1 is 1.40 bits per heavy atom. The number of nitrogens with zero attached hydrogens (tertiary/aromatic N) is 1. The van der Waals surface area contributed by atoms with Crippen LogP contribution in [0.25, 0.3) is 0 Å². The van der Waals surface area contributed by atoms with Crippen LogP contribution >= 0.6 is 24.0 Å². The summed E-state index contributed by atoms with van der Waals surface area (Å²) in [6, 6.07) is 3.52. The third-order valence-electron chi connectivity index (χ3n) is 6.73. The predicted molar refractivity (Wildman–Crippen MR) is 103 cm³/mol. The van der Waals surface area contributed by atoms with Crippen LogP contribution < -0.4 is 4.74 Å². The van der Waals surface area contributed by atoms with Crippen LogP contribution in [-0.4, -0.2) is 51.7 Å². The molecule has 0 unspecified atom stereocenters. The van der Waals surface area contributed by atoms with Gasteiger partial charge >= 0.3 is 0 Å². The number of carbonyl (C=O) groups excluding carboxylic acids is 1. The van der Waals surface area contributed by atoms with Crippen LogP contribution in [0.5, 0.6) is 11.5 Å². The highest BCUT2D eigenvalue weighted by molar-refractivity contribution is 14.0. The summed E-state index contributed by atoms with van der Waals surface area (Å²) in [6.45, 7) is 5.36. The molecule has 2 aliphatic heterocycles. The van der Waals surface area contributed by atoms with E-state index >= 15 is 0 Å². The lowest BCUT2D eigenvalue weighted by molar-refractivity contribution is -0.187. The monoisotopic (exact) mass is 455 g/mol. The minimum atomic E-state index is -1.00. The molecule has 4 atom stereocenters. The molecule has 25 heavy (non-hydrogen) atoms. The van der Waals surface area contributed by atoms with E-state index in [4.69, 9.17) is 4.74 Å². The second kappa shape index (κ2) is 5.44. The molecule has 5 rings (SSSR count). The molecule has 6 heteroatoms. The zero-order valence-corrected chi connectivity index (χ0v) is 16.2. The molecule has 1 aromatic carbocycles. The number of aromatic hydroxyl groups is 1. The number of phenols is 1. The minimum Gasteiger partial charge on any atom is -0.504 e. The number of aliphatic hydroxyl groups is 1. The smallest absolute Gasteiger partial charge is 0.174 e. The standard InChI is InChI=1S/C19H21NO4.HI/c1-2-8-20-9-7-18-15-11-3-4-12(21)16(15)24-17(18)13(22)5-6-19(18,23)14(20)10-11;/h2-4,14,17,21,23H,1,5-10H2;1H/t14-,17+,18+,19-;/m1./s1. The van der Waals surface area contributed by atoms with Gasteiger partial charge in [-0.3, -0.25) is 9.69 Å². The Labute approximate surface area is 163 Å². The zero-order chi connectivity index (χ0) is 16.7. The van der Waals surface area contributed by atoms with Crippen molar-refractivity contribution in [2.24, 2.45) is 0 Å². The van der Waals surface area contributed by atoms with E-state index in [2.05, 4.69) is 11.5 Å². The van der Waals surface area contributed by atoms with Crippen molar-refractivity contribution >= 4 is 29.8 Å². The van der Waals surface area contributed by atoms with Crippen LogP contribution in [0.2, 0.25) is 0 Å². The number of phenolic OH excluding ortho intramolecular Hbond substituents is 1. The topological polar surface area (TPSA) is 70.0 Å². The molecule has 2 aliphatic carbocycles. The number of ether oxygens (including phenoxy) is 1. The number of benzene rings is 1. The normalized spacial score (nSPS) is 37.7. The highest BCUT2D eigenvalue weighted by atomic mass is 127. The fourth-order valence-electron chi connectivity index (χ4n) is 5.80. The van der Waals surface area contributed by atoms with Crippen LogP contribution in [0, 0.1) is 0 Å². The van der Waals surface area contributed by atoms with Crippen molar-refractivity contribution in [2.75, 3.05) is 13.1 Å². The molecule has 0 radical (unpaired) electrons. The molecule has 2 N–H and O–H groups in total. The van der Waals surface area contributed by atoms with Gasteiger partial charge in [-0.25, -0.2) is 0 Å². The summed E-state index contributed by atoms with van der Waals surface area (Å²) in [6.07, 6.45) is 3.35. The Morgan fingerprint density at radius 3 is 2.96 bits per heavy atom. The summed E-state index contributed by atoms with van der Waals surface area (Å²) >= 11 is 0. The van der Waals surface area contributed by atoms with Gasteiger partial charge in [0, 0.05) is 31.1 Å². The molecule has 5 nitrogen and oxygen atoms in total. The van der Waals surface area contributed by atoms with Gasteiger partial charge < -0.3 is 14.9 Å². The molecule has 2 bridgehead atoms. The number of hydrogen-bond acceptors (Lipinski definition) is 5. The van der Waals surface area contributed by atoms with Crippen molar-refractivity contribution in [3.05, 3.63) is 35.9 Å². The number of halogens is 1. The van der Waals surface area contributed by atoms with E-state index in [1.54, 1.807) is 6.07 Å². The van der Waals surface area contributed by atoms with Crippen molar-refractivity contribution in [1.82, 2.24) is 4.90 Å². The SMILES string of the molecule is C=CCN1CC[C@]23c4c5ccc(O)c4O[C@H]2C(=O)CC[C@@]3(O)[C@H]1C5.I. The van der Waals surface area contributed by atoms with Gasteiger partial charge in [0.05, 0.1) is 11.0 Å². The lowest BCUT2D eigenvalue weighted by Gasteiger charge is -2.62. The molecule has 4 aliphatic rings. The third kappa shape index (κ3) is 1.83. The van der Waals surface area contributed by atoms with Crippen molar-refractivity contribution in [2.45, 2.75) is 48.8 Å². The van der Waals surface area contributed by atoms with E-state index < -0.39 is 17.1 Å². The van der Waals surface area contributed by atoms with Gasteiger partial charge in [-0.2, -0.15) is 0 Å². The van der Waals surface area contributed by atoms with Gasteiger partial charge in [0.1, 0.15) is 0 Å². The molecular weight excluding hydrogens is 433 g/mol. The first-order valence-corrected chi connectivity index (χ1v) is 8.65. The number of likely N-dealkylation sites (tertiary alicyclic amines) is 1. The maximum atomic E-state index is 12.6. The highest BCUT2D eigenvalue weighted by Gasteiger charge is 2.72. The molecule has 0 aromatic heterocycles. The van der Waals surface area contributed by atoms with Crippen LogP contribution in [0.4, 0.5) is 0 Å². The van der Waals surface area contributed by atoms with Gasteiger partial charge in [-0.05, 0) is 30.9 Å². The molecule has 2 heterocycles. The van der Waals surface area contributed by atoms with Crippen molar-refractivity contribution in [3.63, 3.8) is 0 Å². The fraction of sp³-hybridized carbons (Fsp3) is 0.526. The second-order valence-corrected chi connectivity index (χ2v) is 7.56. The summed E-state index contributed by atoms with van der Waals surface area (Å²) in [5, 5.41) is 22.1. The first-order valence-electron chi connectivity index (χ1n) is 8.65. The molecular formula is C19H22INO4. The van der Waals surface area contributed by atoms with Gasteiger partial charge in [0.15, 0.2) is 23.4 Å². The molecule has 1 saturated carbocycles.